The van der Waals surface area contributed by atoms with Crippen LogP contribution in [0.1, 0.15) is 31.4 Å². The number of aromatic nitrogens is 1. The Kier molecular flexibility index (Phi) is 4.61. The predicted molar refractivity (Wildman–Crippen MR) is 109 cm³/mol. The highest BCUT2D eigenvalue weighted by atomic mass is 16.5. The maximum atomic E-state index is 12.3. The molecule has 3 aliphatic heterocycles. The Morgan fingerprint density at radius 1 is 1.21 bits per heavy atom. The van der Waals surface area contributed by atoms with E-state index in [1.54, 1.807) is 0 Å². The average molecular weight is 380 g/mol. The van der Waals surface area contributed by atoms with Gasteiger partial charge in [0.1, 0.15) is 0 Å². The standard InChI is InChI=1S/C22H28N4O2/c27-21(23-15-17-5-4-14-28-17)16-25-12-9-22(10-13-25)20-8-3-11-26(20)19-7-2-1-6-18(19)24-22/h1-3,6-8,11,17,24H,4-5,9-10,12-16H2,(H,23,27)/t17-/m0/s1. The van der Waals surface area contributed by atoms with Crippen LogP contribution in [-0.2, 0) is 15.1 Å². The summed E-state index contributed by atoms with van der Waals surface area (Å²) in [5.74, 6) is 0.108. The normalized spacial score (nSPS) is 23.1. The molecule has 2 N–H and O–H groups in total. The molecule has 2 aromatic rings. The second kappa shape index (κ2) is 7.26. The summed E-state index contributed by atoms with van der Waals surface area (Å²) in [6, 6.07) is 12.8. The summed E-state index contributed by atoms with van der Waals surface area (Å²) < 4.78 is 7.90. The monoisotopic (exact) mass is 380 g/mol. The number of ether oxygens (including phenoxy) is 1. The number of hydrogen-bond acceptors (Lipinski definition) is 4. The van der Waals surface area contributed by atoms with Crippen LogP contribution in [0.25, 0.3) is 5.69 Å². The van der Waals surface area contributed by atoms with Crippen molar-refractivity contribution in [2.75, 3.05) is 38.1 Å². The minimum Gasteiger partial charge on any atom is -0.376 e. The maximum Gasteiger partial charge on any atom is 0.234 e. The smallest absolute Gasteiger partial charge is 0.234 e. The van der Waals surface area contributed by atoms with E-state index in [9.17, 15) is 4.79 Å². The topological polar surface area (TPSA) is 58.5 Å². The number of nitrogens with zero attached hydrogens (tertiary/aromatic N) is 2. The van der Waals surface area contributed by atoms with Gasteiger partial charge in [0.2, 0.25) is 5.91 Å². The molecular weight excluding hydrogens is 352 g/mol. The van der Waals surface area contributed by atoms with E-state index in [4.69, 9.17) is 4.74 Å². The first kappa shape index (κ1) is 17.8. The summed E-state index contributed by atoms with van der Waals surface area (Å²) >= 11 is 0. The van der Waals surface area contributed by atoms with Crippen molar-refractivity contribution in [1.29, 1.82) is 0 Å². The molecule has 3 aliphatic rings. The number of benzene rings is 1. The van der Waals surface area contributed by atoms with Gasteiger partial charge in [-0.1, -0.05) is 12.1 Å². The summed E-state index contributed by atoms with van der Waals surface area (Å²) in [7, 11) is 0. The van der Waals surface area contributed by atoms with Gasteiger partial charge in [-0.05, 0) is 49.9 Å². The van der Waals surface area contributed by atoms with Gasteiger partial charge in [0.05, 0.1) is 29.6 Å². The molecule has 2 fully saturated rings. The van der Waals surface area contributed by atoms with Crippen LogP contribution in [-0.4, -0.2) is 54.3 Å². The molecule has 1 atom stereocenters. The van der Waals surface area contributed by atoms with Crippen molar-refractivity contribution in [3.8, 4) is 5.69 Å². The number of piperidine rings is 1. The Bertz CT molecular complexity index is 848. The minimum absolute atomic E-state index is 0.0531. The summed E-state index contributed by atoms with van der Waals surface area (Å²) in [6.45, 7) is 3.76. The van der Waals surface area contributed by atoms with Gasteiger partial charge >= 0.3 is 0 Å². The van der Waals surface area contributed by atoms with Crippen molar-refractivity contribution >= 4 is 11.6 Å². The zero-order valence-corrected chi connectivity index (χ0v) is 16.2. The van der Waals surface area contributed by atoms with Crippen LogP contribution in [0.5, 0.6) is 0 Å². The Balaban J connectivity index is 1.22. The maximum absolute atomic E-state index is 12.3. The second-order valence-electron chi connectivity index (χ2n) is 8.20. The van der Waals surface area contributed by atoms with Crippen LogP contribution in [0.2, 0.25) is 0 Å². The Labute approximate surface area is 165 Å². The second-order valence-corrected chi connectivity index (χ2v) is 8.20. The number of amides is 1. The van der Waals surface area contributed by atoms with Gasteiger partial charge in [0.25, 0.3) is 0 Å². The molecule has 0 aliphatic carbocycles. The van der Waals surface area contributed by atoms with E-state index < -0.39 is 0 Å². The highest BCUT2D eigenvalue weighted by Crippen LogP contribution is 2.43. The fourth-order valence-corrected chi connectivity index (χ4v) is 4.86. The van der Waals surface area contributed by atoms with Crippen molar-refractivity contribution in [3.05, 3.63) is 48.3 Å². The first-order chi connectivity index (χ1) is 13.7. The number of rotatable bonds is 4. The highest BCUT2D eigenvalue weighted by molar-refractivity contribution is 5.78. The van der Waals surface area contributed by atoms with Crippen LogP contribution in [0.4, 0.5) is 5.69 Å². The van der Waals surface area contributed by atoms with E-state index in [0.29, 0.717) is 13.1 Å². The van der Waals surface area contributed by atoms with Crippen LogP contribution in [0.15, 0.2) is 42.6 Å². The zero-order valence-electron chi connectivity index (χ0n) is 16.2. The van der Waals surface area contributed by atoms with E-state index in [1.807, 2.05) is 0 Å². The number of carbonyl (C=O) groups excluding carboxylic acids is 1. The fraction of sp³-hybridized carbons (Fsp3) is 0.500. The van der Waals surface area contributed by atoms with Crippen molar-refractivity contribution in [3.63, 3.8) is 0 Å². The molecule has 1 amide bonds. The molecule has 1 spiro atoms. The van der Waals surface area contributed by atoms with E-state index in [-0.39, 0.29) is 17.6 Å². The molecule has 6 nitrogen and oxygen atoms in total. The van der Waals surface area contributed by atoms with Gasteiger partial charge in [-0.3, -0.25) is 9.69 Å². The van der Waals surface area contributed by atoms with Crippen LogP contribution in [0, 0.1) is 0 Å². The van der Waals surface area contributed by atoms with Gasteiger partial charge in [0, 0.05) is 38.1 Å². The summed E-state index contributed by atoms with van der Waals surface area (Å²) in [6.07, 6.45) is 6.50. The molecule has 0 unspecified atom stereocenters. The van der Waals surface area contributed by atoms with E-state index in [1.165, 1.54) is 17.1 Å². The van der Waals surface area contributed by atoms with Crippen LogP contribution in [0.3, 0.4) is 0 Å². The molecule has 6 heteroatoms. The van der Waals surface area contributed by atoms with E-state index in [0.717, 1.165) is 45.4 Å². The van der Waals surface area contributed by atoms with Crippen LogP contribution < -0.4 is 10.6 Å². The molecule has 4 heterocycles. The first-order valence-electron chi connectivity index (χ1n) is 10.4. The van der Waals surface area contributed by atoms with Gasteiger partial charge in [0.15, 0.2) is 0 Å². The van der Waals surface area contributed by atoms with Gasteiger partial charge in [-0.25, -0.2) is 0 Å². The molecule has 28 heavy (non-hydrogen) atoms. The third kappa shape index (κ3) is 3.20. The molecule has 0 saturated carbocycles. The Morgan fingerprint density at radius 3 is 2.89 bits per heavy atom. The summed E-state index contributed by atoms with van der Waals surface area (Å²) in [5, 5.41) is 6.87. The highest BCUT2D eigenvalue weighted by Gasteiger charge is 2.41. The lowest BCUT2D eigenvalue weighted by atomic mass is 9.82. The molecule has 5 rings (SSSR count). The number of para-hydroxylation sites is 2. The molecule has 1 aromatic carbocycles. The number of fused-ring (bicyclic) bond motifs is 4. The number of anilines is 1. The third-order valence-corrected chi connectivity index (χ3v) is 6.40. The first-order valence-corrected chi connectivity index (χ1v) is 10.4. The van der Waals surface area contributed by atoms with Crippen molar-refractivity contribution in [1.82, 2.24) is 14.8 Å². The predicted octanol–water partition coefficient (Wildman–Crippen LogP) is 2.49. The lowest BCUT2D eigenvalue weighted by Crippen LogP contribution is -2.51. The molecule has 0 radical (unpaired) electrons. The SMILES string of the molecule is O=C(CN1CCC2(CC1)Nc1ccccc1-n1cccc12)NC[C@@H]1CCCO1. The van der Waals surface area contributed by atoms with Crippen molar-refractivity contribution < 1.29 is 9.53 Å². The quantitative estimate of drug-likeness (QED) is 0.856. The molecule has 1 aromatic heterocycles. The van der Waals surface area contributed by atoms with Crippen molar-refractivity contribution in [2.45, 2.75) is 37.3 Å². The average Bonchev–Trinajstić information content (AvgIpc) is 3.41. The molecule has 0 bridgehead atoms. The van der Waals surface area contributed by atoms with Crippen molar-refractivity contribution in [2.24, 2.45) is 0 Å². The minimum atomic E-state index is -0.0531. The molecule has 2 saturated heterocycles. The zero-order chi connectivity index (χ0) is 19.0. The number of carbonyl (C=O) groups is 1. The summed E-state index contributed by atoms with van der Waals surface area (Å²) in [4.78, 5) is 14.6. The fourth-order valence-electron chi connectivity index (χ4n) is 4.86. The van der Waals surface area contributed by atoms with Gasteiger partial charge in [-0.15, -0.1) is 0 Å². The Hall–Kier alpha value is -2.31. The van der Waals surface area contributed by atoms with E-state index >= 15 is 0 Å². The number of nitrogens with one attached hydrogen (secondary N) is 2. The Morgan fingerprint density at radius 2 is 2.07 bits per heavy atom. The van der Waals surface area contributed by atoms with E-state index in [2.05, 4.69) is 62.7 Å². The van der Waals surface area contributed by atoms with Gasteiger partial charge in [-0.2, -0.15) is 0 Å². The lowest BCUT2D eigenvalue weighted by molar-refractivity contribution is -0.123. The third-order valence-electron chi connectivity index (χ3n) is 6.40. The molecule has 148 valence electrons. The summed E-state index contributed by atoms with van der Waals surface area (Å²) in [5.41, 5.74) is 3.68. The lowest BCUT2D eigenvalue weighted by Gasteiger charge is -2.46. The van der Waals surface area contributed by atoms with Gasteiger partial charge < -0.3 is 19.9 Å². The molecular formula is C22H28N4O2. The number of hydrogen-bond donors (Lipinski definition) is 2. The van der Waals surface area contributed by atoms with Crippen LogP contribution >= 0.6 is 0 Å². The number of likely N-dealkylation sites (tertiary alicyclic amines) is 1. The largest absolute Gasteiger partial charge is 0.376 e.